The zero-order valence-corrected chi connectivity index (χ0v) is 15.0. The lowest BCUT2D eigenvalue weighted by molar-refractivity contribution is 0.483. The van der Waals surface area contributed by atoms with Crippen molar-refractivity contribution in [1.82, 2.24) is 9.97 Å². The molecule has 3 aromatic carbocycles. The van der Waals surface area contributed by atoms with E-state index in [2.05, 4.69) is 33.7 Å². The Hall–Kier alpha value is -3.05. The number of hydrogen-bond acceptors (Lipinski definition) is 5. The number of thioether (sulfide) groups is 1. The lowest BCUT2D eigenvalue weighted by Gasteiger charge is -2.10. The van der Waals surface area contributed by atoms with Gasteiger partial charge in [-0.3, -0.25) is 0 Å². The molecule has 0 unspecified atom stereocenters. The molecular weight excluding hydrogens is 342 g/mol. The van der Waals surface area contributed by atoms with Crippen LogP contribution in [-0.2, 0) is 0 Å². The van der Waals surface area contributed by atoms with Crippen LogP contribution < -0.4 is 10.1 Å². The molecule has 4 aromatic rings. The number of nitrogens with one attached hydrogen (secondary N) is 1. The summed E-state index contributed by atoms with van der Waals surface area (Å²) >= 11 is 1.70. The fourth-order valence-corrected chi connectivity index (χ4v) is 3.07. The van der Waals surface area contributed by atoms with E-state index in [1.165, 1.54) is 4.90 Å². The molecule has 0 aliphatic rings. The molecule has 26 heavy (non-hydrogen) atoms. The summed E-state index contributed by atoms with van der Waals surface area (Å²) in [5.41, 5.74) is 1.87. The molecule has 4 rings (SSSR count). The minimum atomic E-state index is 0.791. The molecule has 0 saturated heterocycles. The van der Waals surface area contributed by atoms with Gasteiger partial charge in [0.25, 0.3) is 0 Å². The van der Waals surface area contributed by atoms with Crippen molar-refractivity contribution in [3.63, 3.8) is 0 Å². The van der Waals surface area contributed by atoms with E-state index in [-0.39, 0.29) is 0 Å². The van der Waals surface area contributed by atoms with Crippen LogP contribution in [0.2, 0.25) is 0 Å². The minimum Gasteiger partial charge on any atom is -0.457 e. The van der Waals surface area contributed by atoms with Gasteiger partial charge in [-0.25, -0.2) is 9.97 Å². The highest BCUT2D eigenvalue weighted by atomic mass is 32.2. The van der Waals surface area contributed by atoms with Gasteiger partial charge in [0, 0.05) is 16.0 Å². The van der Waals surface area contributed by atoms with Gasteiger partial charge < -0.3 is 10.1 Å². The maximum atomic E-state index is 5.83. The molecule has 4 nitrogen and oxygen atoms in total. The summed E-state index contributed by atoms with van der Waals surface area (Å²) in [7, 11) is 0. The first-order valence-electron chi connectivity index (χ1n) is 8.20. The Bertz CT molecular complexity index is 1020. The second-order valence-electron chi connectivity index (χ2n) is 5.67. The first-order valence-corrected chi connectivity index (χ1v) is 9.43. The quantitative estimate of drug-likeness (QED) is 0.450. The van der Waals surface area contributed by atoms with E-state index in [9.17, 15) is 0 Å². The fourth-order valence-electron chi connectivity index (χ4n) is 2.63. The van der Waals surface area contributed by atoms with Crippen LogP contribution in [0.25, 0.3) is 10.9 Å². The van der Waals surface area contributed by atoms with Crippen molar-refractivity contribution in [2.75, 3.05) is 11.6 Å². The van der Waals surface area contributed by atoms with Crippen molar-refractivity contribution in [3.05, 3.63) is 79.1 Å². The van der Waals surface area contributed by atoms with Gasteiger partial charge in [-0.05, 0) is 60.9 Å². The number of hydrogen-bond donors (Lipinski definition) is 1. The summed E-state index contributed by atoms with van der Waals surface area (Å²) in [6.45, 7) is 0. The molecule has 0 fully saturated rings. The predicted molar refractivity (Wildman–Crippen MR) is 108 cm³/mol. The monoisotopic (exact) mass is 359 g/mol. The highest BCUT2D eigenvalue weighted by molar-refractivity contribution is 7.98. The SMILES string of the molecule is CSc1ccc2ncnc(Nc3ccc(Oc4ccccc4)cc3)c2c1. The Labute approximate surface area is 156 Å². The molecular formula is C21H17N3OS. The topological polar surface area (TPSA) is 47.0 Å². The predicted octanol–water partition coefficient (Wildman–Crippen LogP) is 5.89. The van der Waals surface area contributed by atoms with E-state index >= 15 is 0 Å². The van der Waals surface area contributed by atoms with E-state index in [0.29, 0.717) is 0 Å². The largest absolute Gasteiger partial charge is 0.457 e. The summed E-state index contributed by atoms with van der Waals surface area (Å²) in [5.74, 6) is 2.40. The minimum absolute atomic E-state index is 0.791. The van der Waals surface area contributed by atoms with Gasteiger partial charge in [0.05, 0.1) is 5.52 Å². The fraction of sp³-hybridized carbons (Fsp3) is 0.0476. The maximum absolute atomic E-state index is 5.83. The zero-order chi connectivity index (χ0) is 17.8. The molecule has 0 atom stereocenters. The molecule has 0 spiro atoms. The van der Waals surface area contributed by atoms with E-state index < -0.39 is 0 Å². The number of ether oxygens (including phenoxy) is 1. The molecule has 1 N–H and O–H groups in total. The van der Waals surface area contributed by atoms with Gasteiger partial charge >= 0.3 is 0 Å². The highest BCUT2D eigenvalue weighted by Crippen LogP contribution is 2.28. The second kappa shape index (κ2) is 7.45. The molecule has 0 amide bonds. The van der Waals surface area contributed by atoms with Crippen LogP contribution in [0, 0.1) is 0 Å². The van der Waals surface area contributed by atoms with E-state index in [1.807, 2.05) is 60.7 Å². The third-order valence-corrected chi connectivity index (χ3v) is 4.66. The number of para-hydroxylation sites is 1. The standard InChI is InChI=1S/C21H17N3OS/c1-26-18-11-12-20-19(13-18)21(23-14-22-20)24-15-7-9-17(10-8-15)25-16-5-3-2-4-6-16/h2-14H,1H3,(H,22,23,24). The van der Waals surface area contributed by atoms with E-state index in [4.69, 9.17) is 4.74 Å². The van der Waals surface area contributed by atoms with Crippen LogP contribution in [0.5, 0.6) is 11.5 Å². The van der Waals surface area contributed by atoms with Gasteiger partial charge in [0.15, 0.2) is 0 Å². The average Bonchev–Trinajstić information content (AvgIpc) is 2.70. The molecule has 5 heteroatoms. The number of benzene rings is 3. The molecule has 128 valence electrons. The van der Waals surface area contributed by atoms with Crippen molar-refractivity contribution in [1.29, 1.82) is 0 Å². The van der Waals surface area contributed by atoms with Gasteiger partial charge in [-0.15, -0.1) is 11.8 Å². The van der Waals surface area contributed by atoms with Crippen LogP contribution in [-0.4, -0.2) is 16.2 Å². The zero-order valence-electron chi connectivity index (χ0n) is 14.2. The Kier molecular flexibility index (Phi) is 4.71. The van der Waals surface area contributed by atoms with Crippen molar-refractivity contribution in [2.45, 2.75) is 4.90 Å². The summed E-state index contributed by atoms with van der Waals surface area (Å²) in [4.78, 5) is 9.93. The maximum Gasteiger partial charge on any atom is 0.141 e. The second-order valence-corrected chi connectivity index (χ2v) is 6.55. The number of aromatic nitrogens is 2. The summed E-state index contributed by atoms with van der Waals surface area (Å²) in [5, 5.41) is 4.38. The number of fused-ring (bicyclic) bond motifs is 1. The Balaban J connectivity index is 1.57. The Morgan fingerprint density at radius 2 is 1.62 bits per heavy atom. The number of anilines is 2. The summed E-state index contributed by atoms with van der Waals surface area (Å²) in [6.07, 6.45) is 3.64. The van der Waals surface area contributed by atoms with Crippen LogP contribution in [0.15, 0.2) is 84.0 Å². The molecule has 0 radical (unpaired) electrons. The molecule has 0 aliphatic heterocycles. The number of rotatable bonds is 5. The van der Waals surface area contributed by atoms with Crippen LogP contribution in [0.4, 0.5) is 11.5 Å². The Morgan fingerprint density at radius 3 is 2.38 bits per heavy atom. The van der Waals surface area contributed by atoms with Gasteiger partial charge in [-0.2, -0.15) is 0 Å². The van der Waals surface area contributed by atoms with Crippen LogP contribution >= 0.6 is 11.8 Å². The highest BCUT2D eigenvalue weighted by Gasteiger charge is 2.06. The first kappa shape index (κ1) is 16.4. The third-order valence-electron chi connectivity index (χ3n) is 3.94. The summed E-state index contributed by atoms with van der Waals surface area (Å²) < 4.78 is 5.83. The first-order chi connectivity index (χ1) is 12.8. The normalized spacial score (nSPS) is 10.7. The van der Waals surface area contributed by atoms with Crippen LogP contribution in [0.1, 0.15) is 0 Å². The van der Waals surface area contributed by atoms with Gasteiger partial charge in [0.2, 0.25) is 0 Å². The smallest absolute Gasteiger partial charge is 0.141 e. The van der Waals surface area contributed by atoms with Gasteiger partial charge in [0.1, 0.15) is 23.6 Å². The van der Waals surface area contributed by atoms with E-state index in [0.717, 1.165) is 33.9 Å². The van der Waals surface area contributed by atoms with Crippen molar-refractivity contribution in [2.24, 2.45) is 0 Å². The van der Waals surface area contributed by atoms with Crippen molar-refractivity contribution < 1.29 is 4.74 Å². The van der Waals surface area contributed by atoms with Crippen molar-refractivity contribution in [3.8, 4) is 11.5 Å². The Morgan fingerprint density at radius 1 is 0.846 bits per heavy atom. The molecule has 0 bridgehead atoms. The van der Waals surface area contributed by atoms with Crippen LogP contribution in [0.3, 0.4) is 0 Å². The lowest BCUT2D eigenvalue weighted by atomic mass is 10.2. The molecule has 1 heterocycles. The number of nitrogens with zero attached hydrogens (tertiary/aromatic N) is 2. The molecule has 0 saturated carbocycles. The van der Waals surface area contributed by atoms with Gasteiger partial charge in [-0.1, -0.05) is 18.2 Å². The molecule has 1 aromatic heterocycles. The third kappa shape index (κ3) is 3.63. The molecule has 0 aliphatic carbocycles. The average molecular weight is 359 g/mol. The summed E-state index contributed by atoms with van der Waals surface area (Å²) in [6, 6.07) is 23.8. The van der Waals surface area contributed by atoms with E-state index in [1.54, 1.807) is 18.1 Å². The van der Waals surface area contributed by atoms with Crippen molar-refractivity contribution >= 4 is 34.2 Å². The lowest BCUT2D eigenvalue weighted by Crippen LogP contribution is -1.96.